The van der Waals surface area contributed by atoms with Gasteiger partial charge in [0.15, 0.2) is 0 Å². The number of rotatable bonds is 7. The highest BCUT2D eigenvalue weighted by Crippen LogP contribution is 2.28. The number of carbonyl (C=O) groups is 2. The SMILES string of the molecule is CCOC(=S)NCC1CN(c2ccc(N3CCN(C(=O)COC)CC3)c(F)c2)C(=O)O1. The Hall–Kier alpha value is -2.66. The van der Waals surface area contributed by atoms with Crippen molar-refractivity contribution in [3.63, 3.8) is 0 Å². The summed E-state index contributed by atoms with van der Waals surface area (Å²) < 4.78 is 30.2. The van der Waals surface area contributed by atoms with Crippen molar-refractivity contribution in [2.75, 3.05) is 69.4 Å². The van der Waals surface area contributed by atoms with Gasteiger partial charge in [0.25, 0.3) is 5.17 Å². The van der Waals surface area contributed by atoms with Crippen molar-refractivity contribution in [1.29, 1.82) is 0 Å². The summed E-state index contributed by atoms with van der Waals surface area (Å²) in [5.74, 6) is -0.502. The number of methoxy groups -OCH3 is 1. The van der Waals surface area contributed by atoms with Gasteiger partial charge < -0.3 is 29.3 Å². The van der Waals surface area contributed by atoms with Gasteiger partial charge in [0.1, 0.15) is 18.5 Å². The molecule has 0 radical (unpaired) electrons. The summed E-state index contributed by atoms with van der Waals surface area (Å²) in [6, 6.07) is 4.68. The van der Waals surface area contributed by atoms with Crippen molar-refractivity contribution in [2.45, 2.75) is 13.0 Å². The standard InChI is InChI=1S/C20H27FN4O5S/c1-3-29-19(31)22-11-15-12-25(20(27)30-15)14-4-5-17(16(21)10-14)23-6-8-24(9-7-23)18(26)13-28-2/h4-5,10,15H,3,6-9,11-13H2,1-2H3,(H,22,31). The first-order chi connectivity index (χ1) is 14.9. The Bertz CT molecular complexity index is 819. The molecule has 1 aromatic carbocycles. The van der Waals surface area contributed by atoms with Crippen LogP contribution in [0.4, 0.5) is 20.6 Å². The number of piperazine rings is 1. The summed E-state index contributed by atoms with van der Waals surface area (Å²) in [4.78, 5) is 29.1. The number of amides is 2. The molecule has 0 spiro atoms. The van der Waals surface area contributed by atoms with E-state index < -0.39 is 18.0 Å². The van der Waals surface area contributed by atoms with Crippen LogP contribution in [-0.4, -0.2) is 87.8 Å². The van der Waals surface area contributed by atoms with E-state index in [9.17, 15) is 14.0 Å². The Kier molecular flexibility index (Phi) is 7.85. The predicted molar refractivity (Wildman–Crippen MR) is 117 cm³/mol. The molecule has 2 fully saturated rings. The van der Waals surface area contributed by atoms with E-state index in [4.69, 9.17) is 26.4 Å². The van der Waals surface area contributed by atoms with Gasteiger partial charge >= 0.3 is 6.09 Å². The zero-order valence-electron chi connectivity index (χ0n) is 17.6. The average molecular weight is 455 g/mol. The molecule has 2 saturated heterocycles. The van der Waals surface area contributed by atoms with Gasteiger partial charge in [-0.25, -0.2) is 9.18 Å². The molecule has 0 aliphatic carbocycles. The van der Waals surface area contributed by atoms with E-state index in [0.717, 1.165) is 0 Å². The molecular formula is C20H27FN4O5S. The maximum absolute atomic E-state index is 14.9. The number of nitrogens with one attached hydrogen (secondary N) is 1. The predicted octanol–water partition coefficient (Wildman–Crippen LogP) is 1.36. The summed E-state index contributed by atoms with van der Waals surface area (Å²) in [5, 5.41) is 3.14. The van der Waals surface area contributed by atoms with Crippen LogP contribution in [0.1, 0.15) is 6.92 Å². The Morgan fingerprint density at radius 3 is 2.71 bits per heavy atom. The highest BCUT2D eigenvalue weighted by molar-refractivity contribution is 7.80. The molecule has 1 N–H and O–H groups in total. The minimum atomic E-state index is -0.536. The van der Waals surface area contributed by atoms with Crippen molar-refractivity contribution in [3.05, 3.63) is 24.0 Å². The third-order valence-corrected chi connectivity index (χ3v) is 5.37. The first-order valence-corrected chi connectivity index (χ1v) is 10.5. The molecule has 2 aliphatic rings. The molecule has 2 aliphatic heterocycles. The van der Waals surface area contributed by atoms with E-state index in [1.807, 2.05) is 11.8 Å². The quantitative estimate of drug-likeness (QED) is 0.619. The Balaban J connectivity index is 1.58. The maximum atomic E-state index is 14.9. The second-order valence-corrected chi connectivity index (χ2v) is 7.53. The van der Waals surface area contributed by atoms with Gasteiger partial charge in [0.05, 0.1) is 31.1 Å². The largest absolute Gasteiger partial charge is 0.471 e. The third kappa shape index (κ3) is 5.73. The Labute approximate surface area is 186 Å². The molecular weight excluding hydrogens is 427 g/mol. The number of carbonyl (C=O) groups excluding carboxylic acids is 2. The number of cyclic esters (lactones) is 1. The van der Waals surface area contributed by atoms with Crippen LogP contribution in [0.3, 0.4) is 0 Å². The molecule has 1 atom stereocenters. The first-order valence-electron chi connectivity index (χ1n) is 10.1. The molecule has 170 valence electrons. The molecule has 2 heterocycles. The number of ether oxygens (including phenoxy) is 3. The van der Waals surface area contributed by atoms with E-state index in [2.05, 4.69) is 5.32 Å². The van der Waals surface area contributed by atoms with E-state index in [0.29, 0.717) is 50.7 Å². The number of benzene rings is 1. The fraction of sp³-hybridized carbons (Fsp3) is 0.550. The lowest BCUT2D eigenvalue weighted by atomic mass is 10.2. The van der Waals surface area contributed by atoms with Crippen molar-refractivity contribution >= 4 is 40.8 Å². The molecule has 11 heteroatoms. The van der Waals surface area contributed by atoms with Crippen LogP contribution in [0.2, 0.25) is 0 Å². The smallest absolute Gasteiger partial charge is 0.414 e. The van der Waals surface area contributed by atoms with Crippen LogP contribution >= 0.6 is 12.2 Å². The van der Waals surface area contributed by atoms with Crippen molar-refractivity contribution in [2.24, 2.45) is 0 Å². The highest BCUT2D eigenvalue weighted by atomic mass is 32.1. The van der Waals surface area contributed by atoms with E-state index in [1.165, 1.54) is 18.1 Å². The van der Waals surface area contributed by atoms with Crippen molar-refractivity contribution < 1.29 is 28.2 Å². The lowest BCUT2D eigenvalue weighted by molar-refractivity contribution is -0.135. The van der Waals surface area contributed by atoms with Crippen LogP contribution in [-0.2, 0) is 19.0 Å². The van der Waals surface area contributed by atoms with Gasteiger partial charge in [-0.2, -0.15) is 0 Å². The molecule has 0 aromatic heterocycles. The molecule has 1 unspecified atom stereocenters. The maximum Gasteiger partial charge on any atom is 0.414 e. The summed E-state index contributed by atoms with van der Waals surface area (Å²) >= 11 is 5.00. The van der Waals surface area contributed by atoms with Gasteiger partial charge in [0.2, 0.25) is 5.91 Å². The fourth-order valence-corrected chi connectivity index (χ4v) is 3.75. The van der Waals surface area contributed by atoms with Crippen molar-refractivity contribution in [1.82, 2.24) is 10.2 Å². The Morgan fingerprint density at radius 1 is 1.32 bits per heavy atom. The molecule has 0 bridgehead atoms. The minimum Gasteiger partial charge on any atom is -0.471 e. The lowest BCUT2D eigenvalue weighted by Crippen LogP contribution is -2.50. The molecule has 31 heavy (non-hydrogen) atoms. The van der Waals surface area contributed by atoms with Crippen LogP contribution in [0, 0.1) is 5.82 Å². The topological polar surface area (TPSA) is 83.6 Å². The van der Waals surface area contributed by atoms with E-state index >= 15 is 0 Å². The van der Waals surface area contributed by atoms with Crippen LogP contribution in [0.25, 0.3) is 0 Å². The Morgan fingerprint density at radius 2 is 2.06 bits per heavy atom. The van der Waals surface area contributed by atoms with Crippen LogP contribution in [0.15, 0.2) is 18.2 Å². The minimum absolute atomic E-state index is 0.0446. The number of hydrogen-bond acceptors (Lipinski definition) is 7. The number of thiocarbonyl (C=S) groups is 1. The normalized spacial score (nSPS) is 18.7. The molecule has 0 saturated carbocycles. The van der Waals surface area contributed by atoms with Gasteiger partial charge in [0, 0.05) is 33.3 Å². The summed E-state index contributed by atoms with van der Waals surface area (Å²) in [6.07, 6.45) is -0.960. The summed E-state index contributed by atoms with van der Waals surface area (Å²) in [7, 11) is 1.48. The number of hydrogen-bond donors (Lipinski definition) is 1. The van der Waals surface area contributed by atoms with Crippen LogP contribution < -0.4 is 15.1 Å². The van der Waals surface area contributed by atoms with Crippen molar-refractivity contribution in [3.8, 4) is 0 Å². The van der Waals surface area contributed by atoms with Gasteiger partial charge in [-0.1, -0.05) is 0 Å². The first kappa shape index (κ1) is 23.0. The lowest BCUT2D eigenvalue weighted by Gasteiger charge is -2.36. The average Bonchev–Trinajstić information content (AvgIpc) is 3.13. The number of anilines is 2. The van der Waals surface area contributed by atoms with Gasteiger partial charge in [-0.3, -0.25) is 9.69 Å². The number of halogens is 1. The van der Waals surface area contributed by atoms with E-state index in [1.54, 1.807) is 17.0 Å². The second kappa shape index (κ2) is 10.6. The number of nitrogens with zero attached hydrogens (tertiary/aromatic N) is 3. The molecule has 3 rings (SSSR count). The van der Waals surface area contributed by atoms with Crippen LogP contribution in [0.5, 0.6) is 0 Å². The fourth-order valence-electron chi connectivity index (χ4n) is 3.55. The molecule has 2 amide bonds. The second-order valence-electron chi connectivity index (χ2n) is 7.15. The monoisotopic (exact) mass is 454 g/mol. The summed E-state index contributed by atoms with van der Waals surface area (Å²) in [6.45, 7) is 4.95. The van der Waals surface area contributed by atoms with E-state index in [-0.39, 0.29) is 24.2 Å². The third-order valence-electron chi connectivity index (χ3n) is 5.11. The zero-order chi connectivity index (χ0) is 22.4. The summed E-state index contributed by atoms with van der Waals surface area (Å²) in [5.41, 5.74) is 0.866. The molecule has 9 nitrogen and oxygen atoms in total. The zero-order valence-corrected chi connectivity index (χ0v) is 18.5. The highest BCUT2D eigenvalue weighted by Gasteiger charge is 2.33. The van der Waals surface area contributed by atoms with Gasteiger partial charge in [-0.05, 0) is 37.3 Å². The molecule has 1 aromatic rings. The van der Waals surface area contributed by atoms with Gasteiger partial charge in [-0.15, -0.1) is 0 Å².